The summed E-state index contributed by atoms with van der Waals surface area (Å²) >= 11 is 0. The van der Waals surface area contributed by atoms with E-state index in [9.17, 15) is 18.8 Å². The molecular weight excluding hydrogens is 363 g/mol. The lowest BCUT2D eigenvalue weighted by molar-refractivity contribution is -0.116. The topological polar surface area (TPSA) is 107 Å². The van der Waals surface area contributed by atoms with Gasteiger partial charge < -0.3 is 11.1 Å². The molecule has 142 valence electrons. The van der Waals surface area contributed by atoms with Gasteiger partial charge in [0, 0.05) is 17.4 Å². The van der Waals surface area contributed by atoms with Gasteiger partial charge >= 0.3 is 0 Å². The van der Waals surface area contributed by atoms with Gasteiger partial charge in [-0.3, -0.25) is 19.0 Å². The zero-order valence-corrected chi connectivity index (χ0v) is 15.0. The summed E-state index contributed by atoms with van der Waals surface area (Å²) < 4.78 is 14.3. The summed E-state index contributed by atoms with van der Waals surface area (Å²) in [5.74, 6) is -1.77. The molecule has 0 spiro atoms. The highest BCUT2D eigenvalue weighted by Crippen LogP contribution is 2.17. The highest BCUT2D eigenvalue weighted by molar-refractivity contribution is 5.93. The van der Waals surface area contributed by atoms with Gasteiger partial charge in [-0.25, -0.2) is 9.37 Å². The van der Waals surface area contributed by atoms with Crippen molar-refractivity contribution in [1.82, 2.24) is 9.55 Å². The molecule has 0 radical (unpaired) electrons. The smallest absolute Gasteiger partial charge is 0.267 e. The lowest BCUT2D eigenvalue weighted by atomic mass is 10.2. The molecule has 3 rings (SSSR count). The average molecular weight is 380 g/mol. The number of rotatable bonds is 5. The second kappa shape index (κ2) is 7.83. The molecule has 1 aromatic heterocycles. The van der Waals surface area contributed by atoms with E-state index in [1.807, 2.05) is 13.0 Å². The second-order valence-corrected chi connectivity index (χ2v) is 6.18. The van der Waals surface area contributed by atoms with Gasteiger partial charge in [0.2, 0.25) is 5.91 Å². The summed E-state index contributed by atoms with van der Waals surface area (Å²) in [4.78, 5) is 40.8. The number of carbonyl (C=O) groups excluding carboxylic acids is 2. The molecule has 0 unspecified atom stereocenters. The number of aromatic nitrogens is 2. The minimum Gasteiger partial charge on any atom is -0.365 e. The fraction of sp³-hybridized carbons (Fsp3) is 0.100. The van der Waals surface area contributed by atoms with Gasteiger partial charge in [-0.05, 0) is 48.9 Å². The van der Waals surface area contributed by atoms with Crippen LogP contribution in [0.3, 0.4) is 0 Å². The molecule has 7 nitrogen and oxygen atoms in total. The molecule has 2 aromatic carbocycles. The Bertz CT molecular complexity index is 1110. The van der Waals surface area contributed by atoms with Crippen LogP contribution in [0.25, 0.3) is 11.4 Å². The maximum absolute atomic E-state index is 13.2. The van der Waals surface area contributed by atoms with Crippen LogP contribution in [0.4, 0.5) is 10.1 Å². The van der Waals surface area contributed by atoms with Crippen LogP contribution in [0.1, 0.15) is 15.9 Å². The van der Waals surface area contributed by atoms with Crippen molar-refractivity contribution in [3.63, 3.8) is 0 Å². The van der Waals surface area contributed by atoms with Crippen LogP contribution in [0.15, 0.2) is 59.5 Å². The number of benzene rings is 2. The maximum atomic E-state index is 13.2. The third-order valence-corrected chi connectivity index (χ3v) is 4.02. The first kappa shape index (κ1) is 19.0. The number of hydrogen-bond acceptors (Lipinski definition) is 4. The summed E-state index contributed by atoms with van der Waals surface area (Å²) in [6, 6.07) is 12.4. The van der Waals surface area contributed by atoms with Gasteiger partial charge in [-0.1, -0.05) is 12.1 Å². The van der Waals surface area contributed by atoms with Gasteiger partial charge in [0.05, 0.1) is 0 Å². The molecule has 0 fully saturated rings. The lowest BCUT2D eigenvalue weighted by Gasteiger charge is -2.13. The van der Waals surface area contributed by atoms with E-state index in [0.717, 1.165) is 16.3 Å². The molecule has 8 heteroatoms. The van der Waals surface area contributed by atoms with Crippen molar-refractivity contribution < 1.29 is 14.0 Å². The lowest BCUT2D eigenvalue weighted by Crippen LogP contribution is -2.34. The van der Waals surface area contributed by atoms with E-state index >= 15 is 0 Å². The third-order valence-electron chi connectivity index (χ3n) is 4.02. The van der Waals surface area contributed by atoms with Crippen LogP contribution in [0.5, 0.6) is 0 Å². The van der Waals surface area contributed by atoms with Crippen LogP contribution in [-0.2, 0) is 11.3 Å². The maximum Gasteiger partial charge on any atom is 0.267 e. The highest BCUT2D eigenvalue weighted by atomic mass is 19.1. The predicted octanol–water partition coefficient (Wildman–Crippen LogP) is 2.10. The fourth-order valence-corrected chi connectivity index (χ4v) is 2.70. The number of aryl methyl sites for hydroxylation is 1. The summed E-state index contributed by atoms with van der Waals surface area (Å²) in [6.45, 7) is 1.49. The first-order valence-electron chi connectivity index (χ1n) is 8.37. The van der Waals surface area contributed by atoms with E-state index in [-0.39, 0.29) is 11.4 Å². The Morgan fingerprint density at radius 1 is 1.18 bits per heavy atom. The molecule has 2 amide bonds. The quantitative estimate of drug-likeness (QED) is 0.707. The Morgan fingerprint density at radius 3 is 2.54 bits per heavy atom. The van der Waals surface area contributed by atoms with Gasteiger partial charge in [0.15, 0.2) is 0 Å². The molecule has 0 bridgehead atoms. The highest BCUT2D eigenvalue weighted by Gasteiger charge is 2.18. The summed E-state index contributed by atoms with van der Waals surface area (Å²) in [7, 11) is 0. The molecular formula is C20H17FN4O3. The molecule has 1 heterocycles. The van der Waals surface area contributed by atoms with E-state index in [1.54, 1.807) is 18.2 Å². The number of primary amides is 1. The van der Waals surface area contributed by atoms with Crippen LogP contribution >= 0.6 is 0 Å². The molecule has 0 aliphatic carbocycles. The molecule has 0 saturated carbocycles. The SMILES string of the molecule is Cc1cccc(NC(=O)Cn2c(-c3ccc(F)cc3)ncc(C(N)=O)c2=O)c1. The number of carbonyl (C=O) groups is 2. The van der Waals surface area contributed by atoms with Crippen molar-refractivity contribution >= 4 is 17.5 Å². The summed E-state index contributed by atoms with van der Waals surface area (Å²) in [5.41, 5.74) is 6.08. The number of nitrogens with zero attached hydrogens (tertiary/aromatic N) is 2. The van der Waals surface area contributed by atoms with Crippen LogP contribution in [-0.4, -0.2) is 21.4 Å². The molecule has 3 N–H and O–H groups in total. The summed E-state index contributed by atoms with van der Waals surface area (Å²) in [6.07, 6.45) is 1.05. The Balaban J connectivity index is 2.00. The van der Waals surface area contributed by atoms with Crippen molar-refractivity contribution in [2.24, 2.45) is 5.73 Å². The number of anilines is 1. The molecule has 0 aliphatic heterocycles. The minimum atomic E-state index is -0.948. The number of nitrogens with two attached hydrogens (primary N) is 1. The Morgan fingerprint density at radius 2 is 1.89 bits per heavy atom. The molecule has 28 heavy (non-hydrogen) atoms. The van der Waals surface area contributed by atoms with E-state index in [1.165, 1.54) is 24.3 Å². The van der Waals surface area contributed by atoms with Gasteiger partial charge in [0.1, 0.15) is 23.7 Å². The number of halogens is 1. The van der Waals surface area contributed by atoms with Crippen LogP contribution < -0.4 is 16.6 Å². The van der Waals surface area contributed by atoms with Gasteiger partial charge in [0.25, 0.3) is 11.5 Å². The van der Waals surface area contributed by atoms with Crippen molar-refractivity contribution in [3.8, 4) is 11.4 Å². The fourth-order valence-electron chi connectivity index (χ4n) is 2.70. The Labute approximate surface area is 159 Å². The monoisotopic (exact) mass is 380 g/mol. The molecule has 0 atom stereocenters. The zero-order chi connectivity index (χ0) is 20.3. The number of hydrogen-bond donors (Lipinski definition) is 2. The first-order chi connectivity index (χ1) is 13.3. The standard InChI is InChI=1S/C20H17FN4O3/c1-12-3-2-4-15(9-12)24-17(26)11-25-19(13-5-7-14(21)8-6-13)23-10-16(18(22)27)20(25)28/h2-10H,11H2,1H3,(H2,22,27)(H,24,26). The molecule has 0 aliphatic rings. The largest absolute Gasteiger partial charge is 0.365 e. The second-order valence-electron chi connectivity index (χ2n) is 6.18. The van der Waals surface area contributed by atoms with Crippen LogP contribution in [0.2, 0.25) is 0 Å². The van der Waals surface area contributed by atoms with Gasteiger partial charge in [-0.15, -0.1) is 0 Å². The molecule has 3 aromatic rings. The minimum absolute atomic E-state index is 0.120. The van der Waals surface area contributed by atoms with Crippen molar-refractivity contribution in [1.29, 1.82) is 0 Å². The molecule has 0 saturated heterocycles. The number of amides is 2. The Kier molecular flexibility index (Phi) is 5.30. The van der Waals surface area contributed by atoms with Crippen molar-refractivity contribution in [2.45, 2.75) is 13.5 Å². The van der Waals surface area contributed by atoms with Crippen LogP contribution in [0, 0.1) is 12.7 Å². The van der Waals surface area contributed by atoms with Gasteiger partial charge in [-0.2, -0.15) is 0 Å². The summed E-state index contributed by atoms with van der Waals surface area (Å²) in [5, 5.41) is 2.69. The average Bonchev–Trinajstić information content (AvgIpc) is 2.64. The van der Waals surface area contributed by atoms with E-state index < -0.39 is 29.7 Å². The zero-order valence-electron chi connectivity index (χ0n) is 15.0. The van der Waals surface area contributed by atoms with Crippen molar-refractivity contribution in [3.05, 3.63) is 82.0 Å². The van der Waals surface area contributed by atoms with E-state index in [2.05, 4.69) is 10.3 Å². The van der Waals surface area contributed by atoms with E-state index in [4.69, 9.17) is 5.73 Å². The number of nitrogens with one attached hydrogen (secondary N) is 1. The normalized spacial score (nSPS) is 10.5. The van der Waals surface area contributed by atoms with Crippen molar-refractivity contribution in [2.75, 3.05) is 5.32 Å². The first-order valence-corrected chi connectivity index (χ1v) is 8.37. The third kappa shape index (κ3) is 4.12. The van der Waals surface area contributed by atoms with E-state index in [0.29, 0.717) is 11.3 Å². The Hall–Kier alpha value is -3.81. The predicted molar refractivity (Wildman–Crippen MR) is 102 cm³/mol.